The van der Waals surface area contributed by atoms with Gasteiger partial charge >= 0.3 is 5.97 Å². The summed E-state index contributed by atoms with van der Waals surface area (Å²) < 4.78 is 32.5. The number of methoxy groups -OCH3 is 1. The molecule has 0 aliphatic rings. The highest BCUT2D eigenvalue weighted by Gasteiger charge is 2.21. The summed E-state index contributed by atoms with van der Waals surface area (Å²) in [6.07, 6.45) is 3.52. The van der Waals surface area contributed by atoms with E-state index in [9.17, 15) is 23.2 Å². The molecule has 0 saturated heterocycles. The number of nitrogens with zero attached hydrogens (tertiary/aromatic N) is 2. The molecule has 0 fully saturated rings. The molecule has 2 amide bonds. The van der Waals surface area contributed by atoms with Crippen LogP contribution in [0, 0.1) is 11.6 Å². The van der Waals surface area contributed by atoms with Crippen molar-refractivity contribution >= 4 is 23.6 Å². The number of imidazole rings is 1. The summed E-state index contributed by atoms with van der Waals surface area (Å²) in [5.74, 6) is -2.85. The number of hydrogen-bond donors (Lipinski definition) is 2. The zero-order valence-electron chi connectivity index (χ0n) is 16.1. The van der Waals surface area contributed by atoms with E-state index in [0.717, 1.165) is 12.1 Å². The van der Waals surface area contributed by atoms with E-state index in [1.54, 1.807) is 0 Å². The number of rotatable bonds is 9. The van der Waals surface area contributed by atoms with E-state index in [1.165, 1.54) is 24.2 Å². The van der Waals surface area contributed by atoms with Crippen LogP contribution in [-0.4, -0.2) is 40.5 Å². The predicted molar refractivity (Wildman–Crippen MR) is 99.8 cm³/mol. The molecule has 1 aromatic heterocycles. The number of carbonyl (C=O) groups is 3. The SMILES string of the molecule is CCC[C@H](NC(=O)Cc1cc(F)cc(F)c1)C(=O)Nc1cn(CC(=O)OC)cn1. The van der Waals surface area contributed by atoms with Crippen molar-refractivity contribution in [2.45, 2.75) is 38.8 Å². The van der Waals surface area contributed by atoms with Crippen LogP contribution in [0.4, 0.5) is 14.6 Å². The van der Waals surface area contributed by atoms with Gasteiger partial charge in [0.05, 0.1) is 19.9 Å². The fraction of sp³-hybridized carbons (Fsp3) is 0.368. The molecule has 2 N–H and O–H groups in total. The van der Waals surface area contributed by atoms with Crippen molar-refractivity contribution in [2.24, 2.45) is 0 Å². The number of benzene rings is 1. The van der Waals surface area contributed by atoms with Crippen molar-refractivity contribution < 1.29 is 27.9 Å². The number of carbonyl (C=O) groups excluding carboxylic acids is 3. The quantitative estimate of drug-likeness (QED) is 0.616. The minimum Gasteiger partial charge on any atom is -0.468 e. The number of hydrogen-bond acceptors (Lipinski definition) is 5. The van der Waals surface area contributed by atoms with Gasteiger partial charge < -0.3 is 19.9 Å². The molecule has 0 spiro atoms. The van der Waals surface area contributed by atoms with E-state index < -0.39 is 35.5 Å². The van der Waals surface area contributed by atoms with Gasteiger partial charge in [-0.15, -0.1) is 0 Å². The minimum atomic E-state index is -0.850. The molecular formula is C19H22F2N4O4. The summed E-state index contributed by atoms with van der Waals surface area (Å²) in [5, 5.41) is 5.14. The Balaban J connectivity index is 1.97. The van der Waals surface area contributed by atoms with Crippen LogP contribution in [0.3, 0.4) is 0 Å². The van der Waals surface area contributed by atoms with Crippen molar-refractivity contribution in [3.8, 4) is 0 Å². The standard InChI is InChI=1S/C19H22F2N4O4/c1-3-4-15(23-17(26)7-12-5-13(20)8-14(21)6-12)19(28)24-16-9-25(11-22-16)10-18(27)29-2/h5-6,8-9,11,15H,3-4,7,10H2,1-2H3,(H,23,26)(H,24,28)/t15-/m0/s1. The first-order valence-corrected chi connectivity index (χ1v) is 8.94. The molecule has 29 heavy (non-hydrogen) atoms. The first kappa shape index (κ1) is 22.0. The highest BCUT2D eigenvalue weighted by molar-refractivity contribution is 5.96. The summed E-state index contributed by atoms with van der Waals surface area (Å²) in [6, 6.07) is 1.99. The molecule has 0 saturated carbocycles. The van der Waals surface area contributed by atoms with E-state index in [-0.39, 0.29) is 24.3 Å². The molecule has 0 radical (unpaired) electrons. The van der Waals surface area contributed by atoms with Gasteiger partial charge in [-0.05, 0) is 24.1 Å². The maximum absolute atomic E-state index is 13.3. The first-order chi connectivity index (χ1) is 13.8. The number of amides is 2. The largest absolute Gasteiger partial charge is 0.468 e. The van der Waals surface area contributed by atoms with E-state index >= 15 is 0 Å². The van der Waals surface area contributed by atoms with Crippen LogP contribution in [-0.2, 0) is 32.1 Å². The molecule has 0 aliphatic carbocycles. The fourth-order valence-electron chi connectivity index (χ4n) is 2.64. The molecule has 1 aromatic carbocycles. The predicted octanol–water partition coefficient (Wildman–Crippen LogP) is 1.80. The van der Waals surface area contributed by atoms with E-state index in [1.807, 2.05) is 6.92 Å². The van der Waals surface area contributed by atoms with Gasteiger partial charge in [0.1, 0.15) is 24.2 Å². The summed E-state index contributed by atoms with van der Waals surface area (Å²) >= 11 is 0. The average Bonchev–Trinajstić information content (AvgIpc) is 3.06. The van der Waals surface area contributed by atoms with Gasteiger partial charge in [0.2, 0.25) is 11.8 Å². The average molecular weight is 408 g/mol. The second-order valence-electron chi connectivity index (χ2n) is 6.36. The molecule has 1 heterocycles. The van der Waals surface area contributed by atoms with Crippen LogP contribution in [0.15, 0.2) is 30.7 Å². The Morgan fingerprint density at radius 2 is 1.90 bits per heavy atom. The molecule has 2 rings (SSSR count). The number of halogens is 2. The molecule has 10 heteroatoms. The summed E-state index contributed by atoms with van der Waals surface area (Å²) in [4.78, 5) is 40.0. The molecule has 156 valence electrons. The monoisotopic (exact) mass is 408 g/mol. The second kappa shape index (κ2) is 10.3. The summed E-state index contributed by atoms with van der Waals surface area (Å²) in [7, 11) is 1.26. The number of ether oxygens (including phenoxy) is 1. The smallest absolute Gasteiger partial charge is 0.325 e. The normalized spacial score (nSPS) is 11.6. The maximum atomic E-state index is 13.3. The molecular weight excluding hydrogens is 386 g/mol. The number of esters is 1. The summed E-state index contributed by atoms with van der Waals surface area (Å²) in [5.41, 5.74) is 0.164. The van der Waals surface area contributed by atoms with Crippen molar-refractivity contribution in [2.75, 3.05) is 12.4 Å². The lowest BCUT2D eigenvalue weighted by molar-refractivity contribution is -0.141. The van der Waals surface area contributed by atoms with Crippen LogP contribution >= 0.6 is 0 Å². The zero-order chi connectivity index (χ0) is 21.4. The number of anilines is 1. The Morgan fingerprint density at radius 1 is 1.21 bits per heavy atom. The molecule has 8 nitrogen and oxygen atoms in total. The molecule has 0 bridgehead atoms. The number of aromatic nitrogens is 2. The minimum absolute atomic E-state index is 0.0569. The number of nitrogens with one attached hydrogen (secondary N) is 2. The summed E-state index contributed by atoms with van der Waals surface area (Å²) in [6.45, 7) is 1.79. The lowest BCUT2D eigenvalue weighted by atomic mass is 10.1. The highest BCUT2D eigenvalue weighted by Crippen LogP contribution is 2.10. The van der Waals surface area contributed by atoms with Crippen LogP contribution in [0.1, 0.15) is 25.3 Å². The van der Waals surface area contributed by atoms with E-state index in [0.29, 0.717) is 18.9 Å². The highest BCUT2D eigenvalue weighted by atomic mass is 19.1. The van der Waals surface area contributed by atoms with Crippen LogP contribution in [0.5, 0.6) is 0 Å². The van der Waals surface area contributed by atoms with Crippen molar-refractivity contribution in [1.29, 1.82) is 0 Å². The van der Waals surface area contributed by atoms with Gasteiger partial charge in [0, 0.05) is 12.3 Å². The Hall–Kier alpha value is -3.30. The van der Waals surface area contributed by atoms with Crippen molar-refractivity contribution in [1.82, 2.24) is 14.9 Å². The van der Waals surface area contributed by atoms with Crippen LogP contribution in [0.2, 0.25) is 0 Å². The third-order valence-corrected chi connectivity index (χ3v) is 3.94. The molecule has 2 aromatic rings. The lowest BCUT2D eigenvalue weighted by Crippen LogP contribution is -2.44. The zero-order valence-corrected chi connectivity index (χ0v) is 16.1. The second-order valence-corrected chi connectivity index (χ2v) is 6.36. The topological polar surface area (TPSA) is 102 Å². The van der Waals surface area contributed by atoms with Crippen LogP contribution < -0.4 is 10.6 Å². The Labute approximate surface area is 166 Å². The van der Waals surface area contributed by atoms with Gasteiger partial charge in [0.25, 0.3) is 0 Å². The van der Waals surface area contributed by atoms with Gasteiger partial charge in [0.15, 0.2) is 5.82 Å². The van der Waals surface area contributed by atoms with Crippen LogP contribution in [0.25, 0.3) is 0 Å². The molecule has 1 atom stereocenters. The Kier molecular flexibility index (Phi) is 7.81. The van der Waals surface area contributed by atoms with Gasteiger partial charge in [-0.1, -0.05) is 13.3 Å². The maximum Gasteiger partial charge on any atom is 0.325 e. The van der Waals surface area contributed by atoms with E-state index in [2.05, 4.69) is 20.4 Å². The Bertz CT molecular complexity index is 865. The van der Waals surface area contributed by atoms with Gasteiger partial charge in [-0.25, -0.2) is 13.8 Å². The van der Waals surface area contributed by atoms with Crippen molar-refractivity contribution in [3.05, 3.63) is 47.9 Å². The Morgan fingerprint density at radius 3 is 2.52 bits per heavy atom. The van der Waals surface area contributed by atoms with E-state index in [4.69, 9.17) is 0 Å². The fourth-order valence-corrected chi connectivity index (χ4v) is 2.64. The van der Waals surface area contributed by atoms with Gasteiger partial charge in [-0.2, -0.15) is 0 Å². The third-order valence-electron chi connectivity index (χ3n) is 3.94. The lowest BCUT2D eigenvalue weighted by Gasteiger charge is -2.17. The molecule has 0 unspecified atom stereocenters. The van der Waals surface area contributed by atoms with Crippen molar-refractivity contribution in [3.63, 3.8) is 0 Å². The van der Waals surface area contributed by atoms with Gasteiger partial charge in [-0.3, -0.25) is 14.4 Å². The third kappa shape index (κ3) is 6.98. The molecule has 0 aliphatic heterocycles. The first-order valence-electron chi connectivity index (χ1n) is 8.94.